The highest BCUT2D eigenvalue weighted by atomic mass is 19.1. The molecule has 0 bridgehead atoms. The van der Waals surface area contributed by atoms with Gasteiger partial charge in [-0.05, 0) is 35.1 Å². The van der Waals surface area contributed by atoms with Gasteiger partial charge in [0.2, 0.25) is 0 Å². The predicted molar refractivity (Wildman–Crippen MR) is 64.1 cm³/mol. The van der Waals surface area contributed by atoms with Crippen LogP contribution in [0.25, 0.3) is 5.57 Å². The van der Waals surface area contributed by atoms with E-state index in [1.54, 1.807) is 0 Å². The molecule has 0 saturated heterocycles. The van der Waals surface area contributed by atoms with Crippen molar-refractivity contribution in [2.24, 2.45) is 11.8 Å². The number of allylic oxidation sites excluding steroid dienone is 2. The number of benzene rings is 1. The van der Waals surface area contributed by atoms with Gasteiger partial charge in [0.05, 0.1) is 0 Å². The van der Waals surface area contributed by atoms with Gasteiger partial charge in [0.1, 0.15) is 5.82 Å². The van der Waals surface area contributed by atoms with E-state index in [0.29, 0.717) is 11.8 Å². The van der Waals surface area contributed by atoms with Crippen molar-refractivity contribution in [3.05, 3.63) is 41.7 Å². The Morgan fingerprint density at radius 3 is 2.00 bits per heavy atom. The zero-order valence-corrected chi connectivity index (χ0v) is 9.92. The molecule has 0 aliphatic rings. The lowest BCUT2D eigenvalue weighted by Crippen LogP contribution is -1.96. The summed E-state index contributed by atoms with van der Waals surface area (Å²) in [5.41, 5.74) is 2.42. The molecule has 15 heavy (non-hydrogen) atoms. The lowest BCUT2D eigenvalue weighted by Gasteiger charge is -2.13. The van der Waals surface area contributed by atoms with Crippen LogP contribution in [0.15, 0.2) is 30.3 Å². The second-order valence-corrected chi connectivity index (χ2v) is 4.53. The molecule has 0 saturated carbocycles. The Hall–Kier alpha value is -1.11. The average molecular weight is 206 g/mol. The zero-order valence-electron chi connectivity index (χ0n) is 9.92. The molecule has 0 N–H and O–H groups in total. The van der Waals surface area contributed by atoms with Crippen LogP contribution in [0.4, 0.5) is 4.39 Å². The fourth-order valence-corrected chi connectivity index (χ4v) is 1.62. The summed E-state index contributed by atoms with van der Waals surface area (Å²) in [6.07, 6.45) is 2.25. The summed E-state index contributed by atoms with van der Waals surface area (Å²) >= 11 is 0. The van der Waals surface area contributed by atoms with Crippen LogP contribution in [0.2, 0.25) is 0 Å². The van der Waals surface area contributed by atoms with Crippen molar-refractivity contribution in [2.45, 2.75) is 27.7 Å². The van der Waals surface area contributed by atoms with E-state index in [1.807, 2.05) is 12.1 Å². The van der Waals surface area contributed by atoms with Crippen molar-refractivity contribution < 1.29 is 4.39 Å². The molecule has 0 aliphatic carbocycles. The van der Waals surface area contributed by atoms with Gasteiger partial charge in [0.15, 0.2) is 0 Å². The van der Waals surface area contributed by atoms with E-state index in [9.17, 15) is 4.39 Å². The van der Waals surface area contributed by atoms with E-state index in [0.717, 1.165) is 5.56 Å². The third kappa shape index (κ3) is 3.50. The van der Waals surface area contributed by atoms with Gasteiger partial charge in [0.25, 0.3) is 0 Å². The van der Waals surface area contributed by atoms with Gasteiger partial charge in [-0.1, -0.05) is 45.9 Å². The molecule has 0 nitrogen and oxygen atoms in total. The number of hydrogen-bond acceptors (Lipinski definition) is 0. The standard InChI is InChI=1S/C14H19F/c1-10(2)9-14(11(3)4)12-5-7-13(15)8-6-12/h5-11H,1-4H3/b14-9-. The molecule has 1 rings (SSSR count). The van der Waals surface area contributed by atoms with Crippen LogP contribution < -0.4 is 0 Å². The summed E-state index contributed by atoms with van der Waals surface area (Å²) in [4.78, 5) is 0. The topological polar surface area (TPSA) is 0 Å². The van der Waals surface area contributed by atoms with E-state index >= 15 is 0 Å². The van der Waals surface area contributed by atoms with Gasteiger partial charge in [0, 0.05) is 0 Å². The Kier molecular flexibility index (Phi) is 4.07. The minimum absolute atomic E-state index is 0.175. The van der Waals surface area contributed by atoms with Crippen LogP contribution in [-0.4, -0.2) is 0 Å². The van der Waals surface area contributed by atoms with Crippen LogP contribution in [0.3, 0.4) is 0 Å². The molecule has 1 heteroatoms. The molecule has 0 aromatic heterocycles. The van der Waals surface area contributed by atoms with Crippen LogP contribution in [0, 0.1) is 17.7 Å². The van der Waals surface area contributed by atoms with Gasteiger partial charge in [-0.15, -0.1) is 0 Å². The fourth-order valence-electron chi connectivity index (χ4n) is 1.62. The highest BCUT2D eigenvalue weighted by Gasteiger charge is 2.07. The minimum Gasteiger partial charge on any atom is -0.207 e. The first-order chi connectivity index (χ1) is 7.00. The van der Waals surface area contributed by atoms with Gasteiger partial charge >= 0.3 is 0 Å². The molecular weight excluding hydrogens is 187 g/mol. The van der Waals surface area contributed by atoms with Crippen LogP contribution in [0.5, 0.6) is 0 Å². The van der Waals surface area contributed by atoms with Crippen LogP contribution >= 0.6 is 0 Å². The average Bonchev–Trinajstić information content (AvgIpc) is 2.15. The Bertz CT molecular complexity index is 331. The molecule has 0 aliphatic heterocycles. The maximum Gasteiger partial charge on any atom is 0.123 e. The Morgan fingerprint density at radius 1 is 1.07 bits per heavy atom. The highest BCUT2D eigenvalue weighted by Crippen LogP contribution is 2.24. The summed E-state index contributed by atoms with van der Waals surface area (Å²) in [5, 5.41) is 0. The smallest absolute Gasteiger partial charge is 0.123 e. The van der Waals surface area contributed by atoms with Crippen molar-refractivity contribution in [3.8, 4) is 0 Å². The van der Waals surface area contributed by atoms with Crippen molar-refractivity contribution in [3.63, 3.8) is 0 Å². The van der Waals surface area contributed by atoms with Crippen LogP contribution in [0.1, 0.15) is 33.3 Å². The second-order valence-electron chi connectivity index (χ2n) is 4.53. The van der Waals surface area contributed by atoms with E-state index < -0.39 is 0 Å². The Labute approximate surface area is 91.8 Å². The number of rotatable bonds is 3. The fraction of sp³-hybridized carbons (Fsp3) is 0.429. The normalized spacial score (nSPS) is 12.6. The molecule has 1 aromatic rings. The third-order valence-corrected chi connectivity index (χ3v) is 2.31. The first kappa shape index (κ1) is 12.0. The molecule has 0 fully saturated rings. The minimum atomic E-state index is -0.175. The van der Waals surface area contributed by atoms with E-state index in [-0.39, 0.29) is 5.82 Å². The molecule has 0 spiro atoms. The molecule has 0 radical (unpaired) electrons. The summed E-state index contributed by atoms with van der Waals surface area (Å²) in [7, 11) is 0. The lowest BCUT2D eigenvalue weighted by atomic mass is 9.92. The van der Waals surface area contributed by atoms with Gasteiger partial charge in [-0.2, -0.15) is 0 Å². The highest BCUT2D eigenvalue weighted by molar-refractivity contribution is 5.67. The van der Waals surface area contributed by atoms with E-state index in [2.05, 4.69) is 33.8 Å². The lowest BCUT2D eigenvalue weighted by molar-refractivity contribution is 0.627. The SMILES string of the molecule is CC(C)/C=C(\c1ccc(F)cc1)C(C)C. The maximum atomic E-state index is 12.8. The molecule has 82 valence electrons. The molecule has 0 atom stereocenters. The molecule has 0 heterocycles. The molecular formula is C14H19F. The van der Waals surface area contributed by atoms with E-state index in [1.165, 1.54) is 17.7 Å². The monoisotopic (exact) mass is 206 g/mol. The first-order valence-corrected chi connectivity index (χ1v) is 5.48. The summed E-state index contributed by atoms with van der Waals surface area (Å²) in [5.74, 6) is 0.816. The zero-order chi connectivity index (χ0) is 11.4. The summed E-state index contributed by atoms with van der Waals surface area (Å²) < 4.78 is 12.8. The molecule has 0 unspecified atom stereocenters. The van der Waals surface area contributed by atoms with Crippen molar-refractivity contribution >= 4 is 5.57 Å². The van der Waals surface area contributed by atoms with Crippen molar-refractivity contribution in [1.29, 1.82) is 0 Å². The Balaban J connectivity index is 3.05. The first-order valence-electron chi connectivity index (χ1n) is 5.48. The van der Waals surface area contributed by atoms with Gasteiger partial charge < -0.3 is 0 Å². The number of halogens is 1. The quantitative estimate of drug-likeness (QED) is 0.682. The second kappa shape index (κ2) is 5.11. The largest absolute Gasteiger partial charge is 0.207 e. The van der Waals surface area contributed by atoms with Gasteiger partial charge in [-0.3, -0.25) is 0 Å². The third-order valence-electron chi connectivity index (χ3n) is 2.31. The summed E-state index contributed by atoms with van der Waals surface area (Å²) in [6.45, 7) is 8.65. The Morgan fingerprint density at radius 2 is 1.60 bits per heavy atom. The van der Waals surface area contributed by atoms with Gasteiger partial charge in [-0.25, -0.2) is 4.39 Å². The summed E-state index contributed by atoms with van der Waals surface area (Å²) in [6, 6.07) is 6.74. The number of hydrogen-bond donors (Lipinski definition) is 0. The molecule has 1 aromatic carbocycles. The molecule has 0 amide bonds. The van der Waals surface area contributed by atoms with Crippen molar-refractivity contribution in [1.82, 2.24) is 0 Å². The van der Waals surface area contributed by atoms with Crippen LogP contribution in [-0.2, 0) is 0 Å². The maximum absolute atomic E-state index is 12.8. The van der Waals surface area contributed by atoms with Crippen molar-refractivity contribution in [2.75, 3.05) is 0 Å². The predicted octanol–water partition coefficient (Wildman–Crippen LogP) is 4.52. The van der Waals surface area contributed by atoms with E-state index in [4.69, 9.17) is 0 Å².